The van der Waals surface area contributed by atoms with Gasteiger partial charge in [0, 0.05) is 0 Å². The fourth-order valence-electron chi connectivity index (χ4n) is 5.93. The Labute approximate surface area is 256 Å². The average molecular weight is 547 g/mol. The summed E-state index contributed by atoms with van der Waals surface area (Å²) in [6.07, 6.45) is 7.06. The van der Waals surface area contributed by atoms with Crippen LogP contribution in [0.2, 0.25) is 0 Å². The van der Waals surface area contributed by atoms with Crippen molar-refractivity contribution in [3.63, 3.8) is 0 Å². The van der Waals surface area contributed by atoms with Crippen LogP contribution in [0.4, 0.5) is 0 Å². The lowest BCUT2D eigenvalue weighted by Crippen LogP contribution is -2.08. The Balaban J connectivity index is 1.58. The van der Waals surface area contributed by atoms with Crippen molar-refractivity contribution in [3.8, 4) is 45.7 Å². The molecule has 6 aromatic rings. The number of hydrogen-bond acceptors (Lipinski definition) is 0. The SMILES string of the molecule is [B]/C(Cc1ccccc1-c1ccccc1)=C(\c1ccccc1-c1ccccc1)C(C#C)c1ccccc1-c1ccccc1. The van der Waals surface area contributed by atoms with Crippen LogP contribution in [0.5, 0.6) is 0 Å². The highest BCUT2D eigenvalue weighted by molar-refractivity contribution is 6.26. The van der Waals surface area contributed by atoms with E-state index in [1.54, 1.807) is 0 Å². The normalized spacial score (nSPS) is 12.2. The number of allylic oxidation sites excluding steroid dienone is 2. The minimum Gasteiger partial charge on any atom is -0.119 e. The second-order valence-corrected chi connectivity index (χ2v) is 10.6. The molecule has 0 aromatic heterocycles. The van der Waals surface area contributed by atoms with E-state index in [-0.39, 0.29) is 5.92 Å². The fourth-order valence-corrected chi connectivity index (χ4v) is 5.93. The van der Waals surface area contributed by atoms with Crippen LogP contribution >= 0.6 is 0 Å². The van der Waals surface area contributed by atoms with E-state index >= 15 is 0 Å². The molecule has 1 unspecified atom stereocenters. The zero-order chi connectivity index (χ0) is 29.4. The van der Waals surface area contributed by atoms with Gasteiger partial charge < -0.3 is 0 Å². The Morgan fingerprint density at radius 3 is 1.56 bits per heavy atom. The molecule has 2 radical (unpaired) electrons. The molecule has 0 aliphatic heterocycles. The van der Waals surface area contributed by atoms with Crippen molar-refractivity contribution < 1.29 is 0 Å². The first-order chi connectivity index (χ1) is 21.2. The molecule has 6 rings (SSSR count). The molecule has 43 heavy (non-hydrogen) atoms. The summed E-state index contributed by atoms with van der Waals surface area (Å²) in [5, 5.41) is 0. The molecule has 1 heteroatoms. The van der Waals surface area contributed by atoms with E-state index in [9.17, 15) is 0 Å². The van der Waals surface area contributed by atoms with E-state index in [1.807, 2.05) is 18.2 Å². The van der Waals surface area contributed by atoms with E-state index < -0.39 is 0 Å². The first-order valence-electron chi connectivity index (χ1n) is 14.6. The standard InChI is InChI=1S/C42H31B/c1-2-35(39-28-16-14-26-37(39)32-20-8-4-9-21-32)42(40-29-17-15-27-38(40)33-22-10-5-11-23-33)41(43)30-34-24-12-13-25-36(34)31-18-6-3-7-19-31/h1,3-29,35H,30H2/b42-41-. The van der Waals surface area contributed by atoms with Crippen molar-refractivity contribution in [2.45, 2.75) is 12.3 Å². The van der Waals surface area contributed by atoms with Gasteiger partial charge in [-0.05, 0) is 62.1 Å². The highest BCUT2D eigenvalue weighted by atomic mass is 14.3. The third-order valence-corrected chi connectivity index (χ3v) is 7.94. The van der Waals surface area contributed by atoms with E-state index in [1.165, 1.54) is 11.1 Å². The van der Waals surface area contributed by atoms with E-state index in [2.05, 4.69) is 152 Å². The van der Waals surface area contributed by atoms with Crippen LogP contribution in [0.1, 0.15) is 22.6 Å². The molecule has 1 atom stereocenters. The molecule has 0 heterocycles. The number of hydrogen-bond donors (Lipinski definition) is 0. The van der Waals surface area contributed by atoms with Crippen molar-refractivity contribution in [2.75, 3.05) is 0 Å². The lowest BCUT2D eigenvalue weighted by atomic mass is 9.72. The van der Waals surface area contributed by atoms with Gasteiger partial charge in [-0.15, -0.1) is 11.9 Å². The van der Waals surface area contributed by atoms with Crippen LogP contribution in [-0.4, -0.2) is 7.85 Å². The Morgan fingerprint density at radius 2 is 0.953 bits per heavy atom. The largest absolute Gasteiger partial charge is 0.119 e. The van der Waals surface area contributed by atoms with Crippen LogP contribution in [0.3, 0.4) is 0 Å². The molecular formula is C42H31B. The maximum Gasteiger partial charge on any atom is 0.108 e. The van der Waals surface area contributed by atoms with Gasteiger partial charge in [-0.25, -0.2) is 0 Å². The van der Waals surface area contributed by atoms with Crippen LogP contribution in [0.15, 0.2) is 169 Å². The predicted molar refractivity (Wildman–Crippen MR) is 184 cm³/mol. The first-order valence-corrected chi connectivity index (χ1v) is 14.6. The van der Waals surface area contributed by atoms with Gasteiger partial charge in [-0.1, -0.05) is 170 Å². The van der Waals surface area contributed by atoms with Gasteiger partial charge in [-0.2, -0.15) is 0 Å². The van der Waals surface area contributed by atoms with Crippen molar-refractivity contribution in [1.82, 2.24) is 0 Å². The lowest BCUT2D eigenvalue weighted by molar-refractivity contribution is 1.12. The van der Waals surface area contributed by atoms with Crippen molar-refractivity contribution >= 4 is 13.4 Å². The molecule has 0 aliphatic rings. The molecule has 6 aromatic carbocycles. The molecule has 0 nitrogen and oxygen atoms in total. The third-order valence-electron chi connectivity index (χ3n) is 7.94. The first kappa shape index (κ1) is 27.8. The summed E-state index contributed by atoms with van der Waals surface area (Å²) in [4.78, 5) is 0. The van der Waals surface area contributed by atoms with Crippen molar-refractivity contribution in [1.29, 1.82) is 0 Å². The maximum atomic E-state index is 7.26. The van der Waals surface area contributed by atoms with Crippen molar-refractivity contribution in [2.24, 2.45) is 0 Å². The smallest absolute Gasteiger partial charge is 0.108 e. The van der Waals surface area contributed by atoms with Crippen LogP contribution in [-0.2, 0) is 6.42 Å². The van der Waals surface area contributed by atoms with E-state index in [0.717, 1.165) is 50.0 Å². The Kier molecular flexibility index (Phi) is 8.49. The van der Waals surface area contributed by atoms with Gasteiger partial charge >= 0.3 is 0 Å². The third kappa shape index (κ3) is 6.01. The van der Waals surface area contributed by atoms with Gasteiger partial charge in [0.25, 0.3) is 0 Å². The predicted octanol–water partition coefficient (Wildman–Crippen LogP) is 10.2. The molecule has 0 fully saturated rings. The fraction of sp³-hybridized carbons (Fsp3) is 0.0476. The molecule has 0 saturated carbocycles. The zero-order valence-electron chi connectivity index (χ0n) is 24.0. The van der Waals surface area contributed by atoms with E-state index in [0.29, 0.717) is 6.42 Å². The number of rotatable bonds is 8. The quantitative estimate of drug-likeness (QED) is 0.132. The molecule has 202 valence electrons. The van der Waals surface area contributed by atoms with Gasteiger partial charge in [0.2, 0.25) is 0 Å². The topological polar surface area (TPSA) is 0 Å². The van der Waals surface area contributed by atoms with Gasteiger partial charge in [-0.3, -0.25) is 0 Å². The Morgan fingerprint density at radius 1 is 0.512 bits per heavy atom. The lowest BCUT2D eigenvalue weighted by Gasteiger charge is -2.25. The maximum absolute atomic E-state index is 7.26. The summed E-state index contributed by atoms with van der Waals surface area (Å²) in [5.41, 5.74) is 11.8. The summed E-state index contributed by atoms with van der Waals surface area (Å²) < 4.78 is 0. The highest BCUT2D eigenvalue weighted by Crippen LogP contribution is 2.42. The van der Waals surface area contributed by atoms with Gasteiger partial charge in [0.05, 0.1) is 5.92 Å². The molecule has 0 bridgehead atoms. The summed E-state index contributed by atoms with van der Waals surface area (Å²) in [5.74, 6) is 2.81. The second-order valence-electron chi connectivity index (χ2n) is 10.6. The second kappa shape index (κ2) is 13.1. The number of benzene rings is 6. The molecule has 0 spiro atoms. The molecule has 0 N–H and O–H groups in total. The minimum atomic E-state index is -0.370. The monoisotopic (exact) mass is 546 g/mol. The summed E-state index contributed by atoms with van der Waals surface area (Å²) in [6.45, 7) is 0. The van der Waals surface area contributed by atoms with E-state index in [4.69, 9.17) is 14.3 Å². The van der Waals surface area contributed by atoms with Gasteiger partial charge in [0.15, 0.2) is 0 Å². The van der Waals surface area contributed by atoms with Crippen LogP contribution in [0, 0.1) is 12.3 Å². The summed E-state index contributed by atoms with van der Waals surface area (Å²) >= 11 is 0. The van der Waals surface area contributed by atoms with Gasteiger partial charge in [0.1, 0.15) is 7.85 Å². The Bertz CT molecular complexity index is 1890. The highest BCUT2D eigenvalue weighted by Gasteiger charge is 2.24. The number of terminal acetylenes is 1. The zero-order valence-corrected chi connectivity index (χ0v) is 24.0. The summed E-state index contributed by atoms with van der Waals surface area (Å²) in [6, 6.07) is 56.7. The van der Waals surface area contributed by atoms with Crippen molar-refractivity contribution in [3.05, 3.63) is 186 Å². The van der Waals surface area contributed by atoms with Crippen LogP contribution < -0.4 is 0 Å². The molecule has 0 amide bonds. The Hall–Kier alpha value is -5.32. The summed E-state index contributed by atoms with van der Waals surface area (Å²) in [7, 11) is 7.26. The molecule has 0 saturated heterocycles. The minimum absolute atomic E-state index is 0.370. The molecule has 0 aliphatic carbocycles. The molecular weight excluding hydrogens is 515 g/mol. The van der Waals surface area contributed by atoms with Crippen LogP contribution in [0.25, 0.3) is 39.0 Å². The average Bonchev–Trinajstić information content (AvgIpc) is 3.08.